The molecule has 2 aromatic rings. The summed E-state index contributed by atoms with van der Waals surface area (Å²) < 4.78 is 18.6. The first-order chi connectivity index (χ1) is 19.3. The van der Waals surface area contributed by atoms with Crippen LogP contribution in [0.25, 0.3) is 0 Å². The molecular weight excluding hydrogens is 536 g/mol. The van der Waals surface area contributed by atoms with Crippen molar-refractivity contribution in [2.75, 3.05) is 0 Å². The number of fused-ring (bicyclic) bond motifs is 1. The monoisotopic (exact) mass is 578 g/mol. The van der Waals surface area contributed by atoms with Gasteiger partial charge in [0.2, 0.25) is 0 Å². The third-order valence-electron chi connectivity index (χ3n) is 7.83. The van der Waals surface area contributed by atoms with Crippen molar-refractivity contribution in [3.8, 4) is 5.75 Å². The van der Waals surface area contributed by atoms with Gasteiger partial charge in [-0.2, -0.15) is 0 Å². The normalized spacial score (nSPS) is 20.3. The highest BCUT2D eigenvalue weighted by atomic mass is 28.4. The van der Waals surface area contributed by atoms with Gasteiger partial charge in [-0.05, 0) is 60.7 Å². The minimum absolute atomic E-state index is 0.0734. The number of allylic oxidation sites excluding steroid dienone is 2. The van der Waals surface area contributed by atoms with E-state index in [2.05, 4.69) is 33.9 Å². The van der Waals surface area contributed by atoms with Crippen molar-refractivity contribution in [1.82, 2.24) is 0 Å². The molecule has 41 heavy (non-hydrogen) atoms. The fourth-order valence-electron chi connectivity index (χ4n) is 4.32. The molecule has 1 aliphatic heterocycles. The summed E-state index contributed by atoms with van der Waals surface area (Å²) in [4.78, 5) is 38.0. The minimum atomic E-state index is -2.29. The molecule has 0 saturated carbocycles. The summed E-state index contributed by atoms with van der Waals surface area (Å²) in [5, 5.41) is 9.06. The maximum Gasteiger partial charge on any atom is 0.342 e. The van der Waals surface area contributed by atoms with E-state index >= 15 is 0 Å². The standard InChI is InChI=1S/C33H42O7Si/c1-23-14-10-11-15-24-18-12-20-27(40-41(5,6)33(2,3)4)30(24)32(37)38-26(19-13-21-29(34)35)22-28(23)39-31(36)25-16-8-7-9-17-25/h7-13,16-18,20-21,23,26,28H,14-15,19,22H2,1-6H3,(H,34,35)/t23-,26?,28+/m0/s1. The number of cyclic esters (lactones) is 1. The van der Waals surface area contributed by atoms with Crippen LogP contribution in [0, 0.1) is 5.92 Å². The fraction of sp³-hybridized carbons (Fsp3) is 0.424. The molecule has 1 aliphatic rings. The van der Waals surface area contributed by atoms with Gasteiger partial charge in [-0.1, -0.05) is 76.3 Å². The van der Waals surface area contributed by atoms with Crippen molar-refractivity contribution < 1.29 is 33.4 Å². The summed E-state index contributed by atoms with van der Waals surface area (Å²) >= 11 is 0. The van der Waals surface area contributed by atoms with Crippen molar-refractivity contribution in [2.24, 2.45) is 5.92 Å². The molecule has 1 N–H and O–H groups in total. The van der Waals surface area contributed by atoms with E-state index < -0.39 is 38.4 Å². The highest BCUT2D eigenvalue weighted by Crippen LogP contribution is 2.39. The number of carbonyl (C=O) groups is 3. The van der Waals surface area contributed by atoms with Crippen molar-refractivity contribution in [3.05, 3.63) is 89.5 Å². The van der Waals surface area contributed by atoms with E-state index in [-0.39, 0.29) is 23.8 Å². The topological polar surface area (TPSA) is 99.1 Å². The Morgan fingerprint density at radius 2 is 1.78 bits per heavy atom. The zero-order chi connectivity index (χ0) is 30.2. The second-order valence-electron chi connectivity index (χ2n) is 12.1. The lowest BCUT2D eigenvalue weighted by Crippen LogP contribution is -2.44. The van der Waals surface area contributed by atoms with Crippen LogP contribution >= 0.6 is 0 Å². The predicted octanol–water partition coefficient (Wildman–Crippen LogP) is 7.38. The third kappa shape index (κ3) is 8.92. The van der Waals surface area contributed by atoms with E-state index in [1.54, 1.807) is 24.3 Å². The number of ether oxygens (including phenoxy) is 2. The van der Waals surface area contributed by atoms with Gasteiger partial charge >= 0.3 is 17.9 Å². The number of aliphatic carboxylic acids is 1. The molecule has 220 valence electrons. The van der Waals surface area contributed by atoms with Gasteiger partial charge in [0.25, 0.3) is 8.32 Å². The van der Waals surface area contributed by atoms with Crippen LogP contribution in [0.5, 0.6) is 5.75 Å². The summed E-state index contributed by atoms with van der Waals surface area (Å²) in [5.74, 6) is -1.68. The SMILES string of the molecule is C[C@H]1CC=CCc2cccc(O[Si](C)(C)C(C)(C)C)c2C(=O)OC(CC=CC(=O)O)C[C@H]1OC(=O)c1ccccc1. The van der Waals surface area contributed by atoms with Crippen LogP contribution in [0.1, 0.15) is 73.2 Å². The Morgan fingerprint density at radius 3 is 2.44 bits per heavy atom. The summed E-state index contributed by atoms with van der Waals surface area (Å²) in [6.45, 7) is 12.7. The highest BCUT2D eigenvalue weighted by Gasteiger charge is 2.40. The molecule has 3 rings (SSSR count). The van der Waals surface area contributed by atoms with Crippen LogP contribution < -0.4 is 4.43 Å². The molecule has 0 fully saturated rings. The Kier molecular flexibility index (Phi) is 10.7. The van der Waals surface area contributed by atoms with E-state index in [0.29, 0.717) is 29.7 Å². The van der Waals surface area contributed by atoms with E-state index in [9.17, 15) is 14.4 Å². The third-order valence-corrected chi connectivity index (χ3v) is 12.2. The zero-order valence-electron chi connectivity index (χ0n) is 24.9. The smallest absolute Gasteiger partial charge is 0.342 e. The lowest BCUT2D eigenvalue weighted by Gasteiger charge is -2.37. The molecular formula is C33H42O7Si. The van der Waals surface area contributed by atoms with E-state index in [0.717, 1.165) is 11.6 Å². The molecule has 8 heteroatoms. The van der Waals surface area contributed by atoms with Crippen molar-refractivity contribution in [1.29, 1.82) is 0 Å². The fourth-order valence-corrected chi connectivity index (χ4v) is 5.35. The number of esters is 2. The second-order valence-corrected chi connectivity index (χ2v) is 16.8. The van der Waals surface area contributed by atoms with Gasteiger partial charge in [-0.3, -0.25) is 0 Å². The lowest BCUT2D eigenvalue weighted by molar-refractivity contribution is -0.131. The van der Waals surface area contributed by atoms with E-state index in [4.69, 9.17) is 19.0 Å². The Labute approximate surface area is 244 Å². The molecule has 0 radical (unpaired) electrons. The van der Waals surface area contributed by atoms with E-state index in [1.807, 2.05) is 43.3 Å². The first-order valence-corrected chi connectivity index (χ1v) is 17.0. The van der Waals surface area contributed by atoms with Crippen LogP contribution in [-0.2, 0) is 20.7 Å². The molecule has 3 atom stereocenters. The summed E-state index contributed by atoms with van der Waals surface area (Å²) in [6, 6.07) is 14.3. The molecule has 1 unspecified atom stereocenters. The number of hydrogen-bond acceptors (Lipinski definition) is 6. The van der Waals surface area contributed by atoms with Crippen molar-refractivity contribution in [3.63, 3.8) is 0 Å². The van der Waals surface area contributed by atoms with Crippen molar-refractivity contribution >= 4 is 26.2 Å². The highest BCUT2D eigenvalue weighted by molar-refractivity contribution is 6.74. The maximum atomic E-state index is 13.9. The van der Waals surface area contributed by atoms with Crippen LogP contribution in [0.4, 0.5) is 0 Å². The first-order valence-electron chi connectivity index (χ1n) is 14.1. The molecule has 1 heterocycles. The van der Waals surface area contributed by atoms with Gasteiger partial charge in [0.05, 0.1) is 5.56 Å². The molecule has 0 spiro atoms. The van der Waals surface area contributed by atoms with Crippen molar-refractivity contribution in [2.45, 2.75) is 83.7 Å². The number of rotatable bonds is 7. The maximum absolute atomic E-state index is 13.9. The number of hydrogen-bond donors (Lipinski definition) is 1. The average Bonchev–Trinajstić information content (AvgIpc) is 2.89. The number of benzene rings is 2. The lowest BCUT2D eigenvalue weighted by atomic mass is 9.93. The Morgan fingerprint density at radius 1 is 1.07 bits per heavy atom. The quantitative estimate of drug-likeness (QED) is 0.158. The number of carboxylic acids is 1. The molecule has 0 saturated heterocycles. The molecule has 0 bridgehead atoms. The Hall–Kier alpha value is -3.65. The van der Waals surface area contributed by atoms with Gasteiger partial charge < -0.3 is 19.0 Å². The molecule has 0 aromatic heterocycles. The van der Waals surface area contributed by atoms with Crippen LogP contribution in [-0.4, -0.2) is 43.5 Å². The van der Waals surface area contributed by atoms with Gasteiger partial charge in [0, 0.05) is 18.9 Å². The summed E-state index contributed by atoms with van der Waals surface area (Å²) in [5.41, 5.74) is 1.60. The summed E-state index contributed by atoms with van der Waals surface area (Å²) in [7, 11) is -2.29. The molecule has 7 nitrogen and oxygen atoms in total. The average molecular weight is 579 g/mol. The van der Waals surface area contributed by atoms with E-state index in [1.165, 1.54) is 6.08 Å². The summed E-state index contributed by atoms with van der Waals surface area (Å²) in [6.07, 6.45) is 6.77. The predicted molar refractivity (Wildman–Crippen MR) is 162 cm³/mol. The number of carboxylic acid groups (broad SMARTS) is 1. The van der Waals surface area contributed by atoms with Gasteiger partial charge in [-0.25, -0.2) is 14.4 Å². The molecule has 0 amide bonds. The minimum Gasteiger partial charge on any atom is -0.543 e. The second kappa shape index (κ2) is 13.8. The van der Waals surface area contributed by atoms with Crippen LogP contribution in [0.2, 0.25) is 18.1 Å². The van der Waals surface area contributed by atoms with Crippen LogP contribution in [0.15, 0.2) is 72.8 Å². The molecule has 0 aliphatic carbocycles. The van der Waals surface area contributed by atoms with Crippen LogP contribution in [0.3, 0.4) is 0 Å². The largest absolute Gasteiger partial charge is 0.543 e. The first kappa shape index (κ1) is 31.9. The van der Waals surface area contributed by atoms with Gasteiger partial charge in [0.15, 0.2) is 0 Å². The Bertz CT molecular complexity index is 1270. The number of carbonyl (C=O) groups excluding carboxylic acids is 2. The molecule has 2 aromatic carbocycles. The Balaban J connectivity index is 2.00. The zero-order valence-corrected chi connectivity index (χ0v) is 25.9. The van der Waals surface area contributed by atoms with Gasteiger partial charge in [-0.15, -0.1) is 0 Å². The van der Waals surface area contributed by atoms with Gasteiger partial charge in [0.1, 0.15) is 23.5 Å².